The summed E-state index contributed by atoms with van der Waals surface area (Å²) in [6, 6.07) is 16.7. The summed E-state index contributed by atoms with van der Waals surface area (Å²) in [6.07, 6.45) is 0. The molecule has 0 saturated heterocycles. The van der Waals surface area contributed by atoms with Crippen molar-refractivity contribution >= 4 is 29.8 Å². The van der Waals surface area contributed by atoms with Gasteiger partial charge in [-0.15, -0.1) is 0 Å². The molecule has 8 heteroatoms. The first-order valence-electron chi connectivity index (χ1n) is 7.27. The van der Waals surface area contributed by atoms with Gasteiger partial charge in [0.05, 0.1) is 0 Å². The van der Waals surface area contributed by atoms with Gasteiger partial charge in [-0.1, -0.05) is 48.5 Å². The van der Waals surface area contributed by atoms with Gasteiger partial charge >= 0.3 is 19.1 Å². The molecular formula is C16H28O6Si2. The standard InChI is InChI=1S/C10H8.2C3H10O3Si/c1-2-6-10-8-4-3-7-9(10)5-1;2*1-4-7(5-2)6-3/h1-8H;2*7H,1-3H3. The van der Waals surface area contributed by atoms with E-state index in [2.05, 4.69) is 48.5 Å². The van der Waals surface area contributed by atoms with Crippen molar-refractivity contribution in [2.75, 3.05) is 42.7 Å². The fourth-order valence-corrected chi connectivity index (χ4v) is 2.86. The lowest BCUT2D eigenvalue weighted by molar-refractivity contribution is 0.163. The molecule has 0 bridgehead atoms. The molecule has 6 nitrogen and oxygen atoms in total. The summed E-state index contributed by atoms with van der Waals surface area (Å²) in [7, 11) is 6.10. The molecule has 24 heavy (non-hydrogen) atoms. The minimum atomic E-state index is -1.67. The van der Waals surface area contributed by atoms with Crippen LogP contribution in [0.5, 0.6) is 0 Å². The maximum absolute atomic E-state index is 4.74. The van der Waals surface area contributed by atoms with E-state index in [-0.39, 0.29) is 0 Å². The number of rotatable bonds is 6. The first-order valence-corrected chi connectivity index (χ1v) is 10.1. The zero-order valence-electron chi connectivity index (χ0n) is 15.2. The van der Waals surface area contributed by atoms with E-state index in [0.717, 1.165) is 0 Å². The number of hydrogen-bond acceptors (Lipinski definition) is 6. The van der Waals surface area contributed by atoms with E-state index < -0.39 is 19.1 Å². The average molecular weight is 373 g/mol. The Balaban J connectivity index is 0.000000343. The Labute approximate surface area is 148 Å². The Morgan fingerprint density at radius 2 is 0.667 bits per heavy atom. The molecule has 0 aliphatic heterocycles. The zero-order valence-corrected chi connectivity index (χ0v) is 17.5. The Kier molecular flexibility index (Phi) is 14.7. The van der Waals surface area contributed by atoms with Crippen molar-refractivity contribution < 1.29 is 26.6 Å². The largest absolute Gasteiger partial charge is 0.483 e. The molecule has 2 aromatic rings. The number of hydrogen-bond donors (Lipinski definition) is 0. The summed E-state index contributed by atoms with van der Waals surface area (Å²) in [5, 5.41) is 2.62. The third-order valence-corrected chi connectivity index (χ3v) is 5.12. The van der Waals surface area contributed by atoms with E-state index in [1.54, 1.807) is 42.7 Å². The number of fused-ring (bicyclic) bond motifs is 1. The van der Waals surface area contributed by atoms with Crippen LogP contribution in [0.15, 0.2) is 48.5 Å². The molecule has 0 heterocycles. The fourth-order valence-electron chi connectivity index (χ4n) is 1.71. The van der Waals surface area contributed by atoms with E-state index >= 15 is 0 Å². The molecule has 2 aromatic carbocycles. The van der Waals surface area contributed by atoms with Crippen LogP contribution in [0.3, 0.4) is 0 Å². The van der Waals surface area contributed by atoms with Crippen molar-refractivity contribution in [1.82, 2.24) is 0 Å². The van der Waals surface area contributed by atoms with Crippen LogP contribution in [-0.4, -0.2) is 61.7 Å². The highest BCUT2D eigenvalue weighted by atomic mass is 28.3. The average Bonchev–Trinajstić information content (AvgIpc) is 2.66. The van der Waals surface area contributed by atoms with Crippen LogP contribution >= 0.6 is 0 Å². The molecule has 0 amide bonds. The van der Waals surface area contributed by atoms with Gasteiger partial charge in [-0.2, -0.15) is 0 Å². The van der Waals surface area contributed by atoms with Crippen molar-refractivity contribution in [3.05, 3.63) is 48.5 Å². The van der Waals surface area contributed by atoms with Gasteiger partial charge in [0.25, 0.3) is 0 Å². The Hall–Kier alpha value is -1.11. The Morgan fingerprint density at radius 3 is 0.792 bits per heavy atom. The first-order chi connectivity index (χ1) is 11.7. The Bertz CT molecular complexity index is 432. The second-order valence-corrected chi connectivity index (χ2v) is 8.32. The highest BCUT2D eigenvalue weighted by Crippen LogP contribution is 2.11. The normalized spacial score (nSPS) is 10.2. The molecule has 0 atom stereocenters. The molecule has 0 aromatic heterocycles. The molecule has 0 aliphatic carbocycles. The van der Waals surface area contributed by atoms with Gasteiger partial charge in [-0.05, 0) is 10.8 Å². The van der Waals surface area contributed by atoms with Crippen LogP contribution in [0.4, 0.5) is 0 Å². The van der Waals surface area contributed by atoms with Crippen LogP contribution in [0.2, 0.25) is 0 Å². The summed E-state index contributed by atoms with van der Waals surface area (Å²) in [5.74, 6) is 0. The van der Waals surface area contributed by atoms with Crippen LogP contribution < -0.4 is 0 Å². The van der Waals surface area contributed by atoms with Gasteiger partial charge in [-0.25, -0.2) is 0 Å². The zero-order chi connectivity index (χ0) is 18.2. The molecule has 2 rings (SSSR count). The summed E-state index contributed by atoms with van der Waals surface area (Å²) < 4.78 is 28.5. The van der Waals surface area contributed by atoms with Gasteiger partial charge in [0.2, 0.25) is 0 Å². The molecule has 136 valence electrons. The summed E-state index contributed by atoms with van der Waals surface area (Å²) >= 11 is 0. The lowest BCUT2D eigenvalue weighted by atomic mass is 10.1. The van der Waals surface area contributed by atoms with Gasteiger partial charge in [0, 0.05) is 42.7 Å². The maximum Gasteiger partial charge on any atom is 0.483 e. The van der Waals surface area contributed by atoms with E-state index in [0.29, 0.717) is 0 Å². The van der Waals surface area contributed by atoms with Crippen molar-refractivity contribution in [3.63, 3.8) is 0 Å². The first kappa shape index (κ1) is 22.9. The molecule has 0 radical (unpaired) electrons. The molecule has 0 fully saturated rings. The van der Waals surface area contributed by atoms with Crippen molar-refractivity contribution in [1.29, 1.82) is 0 Å². The molecule has 0 spiro atoms. The van der Waals surface area contributed by atoms with Crippen molar-refractivity contribution in [2.45, 2.75) is 0 Å². The quantitative estimate of drug-likeness (QED) is 0.724. The SMILES string of the molecule is CO[SiH](OC)OC.CO[SiH](OC)OC.c1ccc2ccccc2c1. The fraction of sp³-hybridized carbons (Fsp3) is 0.375. The predicted molar refractivity (Wildman–Crippen MR) is 100 cm³/mol. The lowest BCUT2D eigenvalue weighted by Crippen LogP contribution is -2.21. The summed E-state index contributed by atoms with van der Waals surface area (Å²) in [5.41, 5.74) is 0. The van der Waals surface area contributed by atoms with Crippen LogP contribution in [-0.2, 0) is 26.6 Å². The Morgan fingerprint density at radius 1 is 0.458 bits per heavy atom. The third kappa shape index (κ3) is 9.90. The highest BCUT2D eigenvalue weighted by Gasteiger charge is 2.05. The highest BCUT2D eigenvalue weighted by molar-refractivity contribution is 6.36. The molecule has 0 unspecified atom stereocenters. The maximum atomic E-state index is 4.74. The van der Waals surface area contributed by atoms with Crippen LogP contribution in [0, 0.1) is 0 Å². The summed E-state index contributed by atoms with van der Waals surface area (Å²) in [4.78, 5) is 0. The lowest BCUT2D eigenvalue weighted by Gasteiger charge is -2.05. The van der Waals surface area contributed by atoms with Crippen molar-refractivity contribution in [3.8, 4) is 0 Å². The van der Waals surface area contributed by atoms with Gasteiger partial charge in [0.1, 0.15) is 0 Å². The minimum Gasteiger partial charge on any atom is -0.379 e. The van der Waals surface area contributed by atoms with Gasteiger partial charge in [-0.3, -0.25) is 0 Å². The second kappa shape index (κ2) is 15.4. The number of benzene rings is 2. The summed E-state index contributed by atoms with van der Waals surface area (Å²) in [6.45, 7) is 0. The van der Waals surface area contributed by atoms with Crippen LogP contribution in [0.1, 0.15) is 0 Å². The molecule has 0 N–H and O–H groups in total. The topological polar surface area (TPSA) is 55.4 Å². The third-order valence-electron chi connectivity index (χ3n) is 2.81. The molecule has 0 saturated carbocycles. The van der Waals surface area contributed by atoms with Crippen molar-refractivity contribution in [2.24, 2.45) is 0 Å². The molecular weight excluding hydrogens is 344 g/mol. The predicted octanol–water partition coefficient (Wildman–Crippen LogP) is 2.13. The van der Waals surface area contributed by atoms with Gasteiger partial charge < -0.3 is 26.6 Å². The minimum absolute atomic E-state index is 1.31. The van der Waals surface area contributed by atoms with E-state index in [1.165, 1.54) is 10.8 Å². The van der Waals surface area contributed by atoms with Gasteiger partial charge in [0.15, 0.2) is 0 Å². The van der Waals surface area contributed by atoms with E-state index in [4.69, 9.17) is 26.6 Å². The van der Waals surface area contributed by atoms with E-state index in [1.807, 2.05) is 0 Å². The monoisotopic (exact) mass is 372 g/mol. The van der Waals surface area contributed by atoms with E-state index in [9.17, 15) is 0 Å². The molecule has 0 aliphatic rings. The second-order valence-electron chi connectivity index (χ2n) is 4.34. The smallest absolute Gasteiger partial charge is 0.379 e. The van der Waals surface area contributed by atoms with Crippen LogP contribution in [0.25, 0.3) is 10.8 Å².